The van der Waals surface area contributed by atoms with Gasteiger partial charge in [0, 0.05) is 21.4 Å². The monoisotopic (exact) mass is 402 g/mol. The van der Waals surface area contributed by atoms with Gasteiger partial charge in [-0.2, -0.15) is 0 Å². The fourth-order valence-electron chi connectivity index (χ4n) is 2.46. The minimum Gasteiger partial charge on any atom is -0.386 e. The molecule has 0 spiro atoms. The molecule has 2 aromatic carbocycles. The number of halogens is 2. The first-order valence-corrected chi connectivity index (χ1v) is 10.4. The second-order valence-electron chi connectivity index (χ2n) is 5.90. The lowest BCUT2D eigenvalue weighted by Gasteiger charge is -2.14. The summed E-state index contributed by atoms with van der Waals surface area (Å²) in [6.07, 6.45) is -1.56. The first-order chi connectivity index (χ1) is 11.7. The molecule has 5 nitrogen and oxygen atoms in total. The van der Waals surface area contributed by atoms with Crippen molar-refractivity contribution in [3.63, 3.8) is 0 Å². The Hall–Kier alpha value is -1.23. The molecule has 0 heterocycles. The molecule has 2 N–H and O–H groups in total. The van der Waals surface area contributed by atoms with Gasteiger partial charge in [0.1, 0.15) is 6.10 Å². The van der Waals surface area contributed by atoms with Crippen LogP contribution in [0.5, 0.6) is 0 Å². The number of nitroso groups, excluding NO2 is 1. The molecule has 0 bridgehead atoms. The summed E-state index contributed by atoms with van der Waals surface area (Å²) in [6, 6.07) is 13.7. The largest absolute Gasteiger partial charge is 0.386 e. The van der Waals surface area contributed by atoms with Gasteiger partial charge in [-0.05, 0) is 17.7 Å². The summed E-state index contributed by atoms with van der Waals surface area (Å²) >= 11 is 11.7. The maximum Gasteiger partial charge on any atom is 0.218 e. The van der Waals surface area contributed by atoms with E-state index in [2.05, 4.69) is 0 Å². The molecular weight excluding hydrogens is 384 g/mol. The Morgan fingerprint density at radius 2 is 1.72 bits per heavy atom. The van der Waals surface area contributed by atoms with Crippen molar-refractivity contribution in [1.82, 2.24) is 0 Å². The Morgan fingerprint density at radius 1 is 1.04 bits per heavy atom. The highest BCUT2D eigenvalue weighted by molar-refractivity contribution is 7.57. The average Bonchev–Trinajstić information content (AvgIpc) is 2.50. The van der Waals surface area contributed by atoms with Gasteiger partial charge in [0.25, 0.3) is 0 Å². The SMILES string of the molecule is O=[N+](Cc1ccc(Cl)c(Cl)c1)C[C@H](O)CP(=O)(O)Cc1ccccc1. The molecule has 25 heavy (non-hydrogen) atoms. The summed E-state index contributed by atoms with van der Waals surface area (Å²) in [5.74, 6) is 0. The highest BCUT2D eigenvalue weighted by atomic mass is 35.5. The van der Waals surface area contributed by atoms with E-state index in [1.807, 2.05) is 6.07 Å². The molecule has 0 saturated heterocycles. The second kappa shape index (κ2) is 8.93. The molecule has 0 radical (unpaired) electrons. The summed E-state index contributed by atoms with van der Waals surface area (Å²) in [5, 5.41) is 10.7. The number of hydrogen-bond donors (Lipinski definition) is 2. The molecule has 1 unspecified atom stereocenters. The van der Waals surface area contributed by atoms with Crippen molar-refractivity contribution in [2.45, 2.75) is 18.8 Å². The van der Waals surface area contributed by atoms with E-state index in [1.165, 1.54) is 0 Å². The molecular formula is C17H19Cl2NO4P+. The van der Waals surface area contributed by atoms with Gasteiger partial charge >= 0.3 is 0 Å². The highest BCUT2D eigenvalue weighted by Crippen LogP contribution is 2.44. The van der Waals surface area contributed by atoms with Crippen molar-refractivity contribution in [2.24, 2.45) is 0 Å². The van der Waals surface area contributed by atoms with Gasteiger partial charge in [0.05, 0.1) is 16.2 Å². The maximum absolute atomic E-state index is 12.3. The lowest BCUT2D eigenvalue weighted by atomic mass is 10.2. The Morgan fingerprint density at radius 3 is 2.36 bits per heavy atom. The molecule has 2 aromatic rings. The molecule has 0 fully saturated rings. The van der Waals surface area contributed by atoms with Crippen molar-refractivity contribution in [1.29, 1.82) is 0 Å². The normalized spacial score (nSPS) is 14.7. The van der Waals surface area contributed by atoms with Gasteiger partial charge in [-0.1, -0.05) is 59.6 Å². The van der Waals surface area contributed by atoms with Crippen LogP contribution in [0.4, 0.5) is 0 Å². The van der Waals surface area contributed by atoms with Gasteiger partial charge in [-0.3, -0.25) is 4.57 Å². The third-order valence-electron chi connectivity index (χ3n) is 3.53. The van der Waals surface area contributed by atoms with E-state index in [0.29, 0.717) is 20.4 Å². The molecule has 0 saturated carbocycles. The van der Waals surface area contributed by atoms with Crippen LogP contribution in [0.15, 0.2) is 48.5 Å². The minimum atomic E-state index is -3.58. The fraction of sp³-hybridized carbons (Fsp3) is 0.294. The van der Waals surface area contributed by atoms with E-state index >= 15 is 0 Å². The summed E-state index contributed by atoms with van der Waals surface area (Å²) < 4.78 is 12.9. The highest BCUT2D eigenvalue weighted by Gasteiger charge is 2.27. The number of aliphatic hydroxyl groups is 1. The molecule has 0 aliphatic heterocycles. The van der Waals surface area contributed by atoms with E-state index in [1.54, 1.807) is 42.5 Å². The predicted octanol–water partition coefficient (Wildman–Crippen LogP) is 4.10. The van der Waals surface area contributed by atoms with Gasteiger partial charge in [0.2, 0.25) is 20.5 Å². The Balaban J connectivity index is 1.87. The summed E-state index contributed by atoms with van der Waals surface area (Å²) in [7, 11) is -3.58. The van der Waals surface area contributed by atoms with E-state index in [9.17, 15) is 19.5 Å². The summed E-state index contributed by atoms with van der Waals surface area (Å²) in [5.41, 5.74) is 1.36. The zero-order valence-electron chi connectivity index (χ0n) is 13.4. The molecule has 2 atom stereocenters. The summed E-state index contributed by atoms with van der Waals surface area (Å²) in [6.45, 7) is -0.262. The van der Waals surface area contributed by atoms with Crippen molar-refractivity contribution >= 4 is 30.6 Å². The lowest BCUT2D eigenvalue weighted by molar-refractivity contribution is -0.571. The van der Waals surface area contributed by atoms with Gasteiger partial charge in [-0.25, -0.2) is 0 Å². The number of aliphatic hydroxyl groups excluding tert-OH is 1. The van der Waals surface area contributed by atoms with E-state index < -0.39 is 13.5 Å². The maximum atomic E-state index is 12.3. The molecule has 134 valence electrons. The Kier molecular flexibility index (Phi) is 7.17. The predicted molar refractivity (Wildman–Crippen MR) is 99.5 cm³/mol. The molecule has 8 heteroatoms. The molecule has 0 aliphatic carbocycles. The molecule has 2 rings (SSSR count). The van der Waals surface area contributed by atoms with Crippen molar-refractivity contribution < 1.29 is 19.3 Å². The molecule has 0 amide bonds. The number of nitrogens with zero attached hydrogens (tertiary/aromatic N) is 1. The van der Waals surface area contributed by atoms with Crippen LogP contribution < -0.4 is 0 Å². The zero-order valence-corrected chi connectivity index (χ0v) is 15.8. The van der Waals surface area contributed by atoms with Crippen molar-refractivity contribution in [2.75, 3.05) is 12.7 Å². The van der Waals surface area contributed by atoms with Crippen LogP contribution >= 0.6 is 30.6 Å². The van der Waals surface area contributed by atoms with Gasteiger partial charge in [0.15, 0.2) is 0 Å². The first-order valence-electron chi connectivity index (χ1n) is 7.64. The van der Waals surface area contributed by atoms with Crippen LogP contribution in [-0.4, -0.2) is 33.6 Å². The van der Waals surface area contributed by atoms with E-state index in [0.717, 1.165) is 5.56 Å². The quantitative estimate of drug-likeness (QED) is 0.514. The molecule has 0 aromatic heterocycles. The molecule has 0 aliphatic rings. The van der Waals surface area contributed by atoms with Crippen LogP contribution in [0, 0.1) is 4.91 Å². The fourth-order valence-corrected chi connectivity index (χ4v) is 4.47. The first kappa shape index (κ1) is 20.1. The Bertz CT molecular complexity index is 785. The van der Waals surface area contributed by atoms with Crippen molar-refractivity contribution in [3.05, 3.63) is 74.6 Å². The van der Waals surface area contributed by atoms with Crippen LogP contribution in [-0.2, 0) is 17.3 Å². The van der Waals surface area contributed by atoms with Gasteiger partial charge < -0.3 is 10.00 Å². The standard InChI is InChI=1S/C17H18Cl2NO4P/c18-16-7-6-14(8-17(16)19)9-20(22)10-15(21)12-25(23,24)11-13-4-2-1-3-5-13/h1-8,15,21H,9-12H2/p+1/t15-/m0/s1. The number of benzene rings is 2. The van der Waals surface area contributed by atoms with E-state index in [-0.39, 0.29) is 25.4 Å². The lowest BCUT2D eigenvalue weighted by Crippen LogP contribution is -2.26. The number of rotatable bonds is 8. The van der Waals surface area contributed by atoms with Crippen LogP contribution in [0.25, 0.3) is 0 Å². The second-order valence-corrected chi connectivity index (χ2v) is 9.09. The van der Waals surface area contributed by atoms with Gasteiger partial charge in [-0.15, -0.1) is 0 Å². The topological polar surface area (TPSA) is 77.6 Å². The number of hydrogen-bond acceptors (Lipinski definition) is 3. The average molecular weight is 403 g/mol. The smallest absolute Gasteiger partial charge is 0.218 e. The zero-order chi connectivity index (χ0) is 18.4. The summed E-state index contributed by atoms with van der Waals surface area (Å²) in [4.78, 5) is 22.0. The van der Waals surface area contributed by atoms with E-state index in [4.69, 9.17) is 23.2 Å². The van der Waals surface area contributed by atoms with Crippen LogP contribution in [0.1, 0.15) is 11.1 Å². The third-order valence-corrected chi connectivity index (χ3v) is 6.12. The van der Waals surface area contributed by atoms with Crippen LogP contribution in [0.3, 0.4) is 0 Å². The van der Waals surface area contributed by atoms with Crippen LogP contribution in [0.2, 0.25) is 10.0 Å². The third kappa shape index (κ3) is 6.89. The minimum absolute atomic E-state index is 0.00235. The Labute approximate surface area is 156 Å². The van der Waals surface area contributed by atoms with Crippen molar-refractivity contribution in [3.8, 4) is 0 Å².